The topological polar surface area (TPSA) is 71.5 Å². The monoisotopic (exact) mass is 315 g/mol. The lowest BCUT2D eigenvalue weighted by molar-refractivity contribution is -0.121. The second-order valence-corrected chi connectivity index (χ2v) is 7.08. The maximum Gasteiger partial charge on any atom is 0.253 e. The summed E-state index contributed by atoms with van der Waals surface area (Å²) < 4.78 is 25.1. The van der Waals surface area contributed by atoms with Gasteiger partial charge in [-0.3, -0.25) is 9.59 Å². The lowest BCUT2D eigenvalue weighted by Crippen LogP contribution is -2.35. The zero-order valence-corrected chi connectivity index (χ0v) is 12.4. The Hall–Kier alpha value is -2.47. The number of carbonyl (C=O) groups excluding carboxylic acids is 2. The van der Waals surface area contributed by atoms with Crippen LogP contribution in [0.2, 0.25) is 0 Å². The SMILES string of the molecule is O=C1CC(S(=O)(=O)c2ccccc2)C(=O)N1c1ccccc1. The van der Waals surface area contributed by atoms with Crippen molar-refractivity contribution in [1.29, 1.82) is 0 Å². The van der Waals surface area contributed by atoms with Gasteiger partial charge in [0.2, 0.25) is 5.91 Å². The maximum absolute atomic E-state index is 12.6. The molecule has 0 aromatic heterocycles. The highest BCUT2D eigenvalue weighted by Crippen LogP contribution is 2.29. The molecule has 5 nitrogen and oxygen atoms in total. The summed E-state index contributed by atoms with van der Waals surface area (Å²) in [6.45, 7) is 0. The van der Waals surface area contributed by atoms with E-state index in [1.807, 2.05) is 0 Å². The minimum Gasteiger partial charge on any atom is -0.274 e. The van der Waals surface area contributed by atoms with Crippen LogP contribution in [-0.2, 0) is 19.4 Å². The summed E-state index contributed by atoms with van der Waals surface area (Å²) in [7, 11) is -3.87. The molecule has 0 radical (unpaired) electrons. The molecule has 1 fully saturated rings. The predicted molar refractivity (Wildman–Crippen MR) is 81.0 cm³/mol. The third-order valence-electron chi connectivity index (χ3n) is 3.57. The highest BCUT2D eigenvalue weighted by atomic mass is 32.2. The molecule has 112 valence electrons. The molecule has 2 aromatic rings. The molecular weight excluding hydrogens is 302 g/mol. The summed E-state index contributed by atoms with van der Waals surface area (Å²) >= 11 is 0. The first-order valence-electron chi connectivity index (χ1n) is 6.72. The van der Waals surface area contributed by atoms with E-state index >= 15 is 0 Å². The fourth-order valence-corrected chi connectivity index (χ4v) is 4.07. The molecule has 22 heavy (non-hydrogen) atoms. The molecule has 0 aliphatic carbocycles. The number of hydrogen-bond donors (Lipinski definition) is 0. The molecule has 0 bridgehead atoms. The van der Waals surface area contributed by atoms with Gasteiger partial charge in [0.15, 0.2) is 15.1 Å². The van der Waals surface area contributed by atoms with Crippen LogP contribution >= 0.6 is 0 Å². The summed E-state index contributed by atoms with van der Waals surface area (Å²) in [5.74, 6) is -1.19. The largest absolute Gasteiger partial charge is 0.274 e. The average Bonchev–Trinajstić information content (AvgIpc) is 2.84. The third-order valence-corrected chi connectivity index (χ3v) is 5.61. The maximum atomic E-state index is 12.6. The van der Waals surface area contributed by atoms with Crippen LogP contribution in [-0.4, -0.2) is 25.5 Å². The van der Waals surface area contributed by atoms with Crippen molar-refractivity contribution in [3.63, 3.8) is 0 Å². The molecule has 3 rings (SSSR count). The van der Waals surface area contributed by atoms with Crippen molar-refractivity contribution < 1.29 is 18.0 Å². The van der Waals surface area contributed by atoms with Crippen molar-refractivity contribution in [2.45, 2.75) is 16.6 Å². The lowest BCUT2D eigenvalue weighted by Gasteiger charge is -2.15. The first kappa shape index (κ1) is 14.5. The number of amides is 2. The van der Waals surface area contributed by atoms with Crippen molar-refractivity contribution in [2.75, 3.05) is 4.90 Å². The molecule has 2 aromatic carbocycles. The van der Waals surface area contributed by atoms with Gasteiger partial charge in [-0.2, -0.15) is 0 Å². The molecule has 1 aliphatic heterocycles. The first-order chi connectivity index (χ1) is 10.5. The molecule has 1 aliphatic rings. The number of benzene rings is 2. The molecule has 1 atom stereocenters. The zero-order valence-electron chi connectivity index (χ0n) is 11.5. The van der Waals surface area contributed by atoms with Crippen LogP contribution < -0.4 is 4.90 Å². The molecule has 1 heterocycles. The second kappa shape index (κ2) is 5.38. The number of sulfone groups is 1. The van der Waals surface area contributed by atoms with Crippen molar-refractivity contribution in [2.24, 2.45) is 0 Å². The number of nitrogens with zero attached hydrogens (tertiary/aromatic N) is 1. The van der Waals surface area contributed by atoms with Crippen molar-refractivity contribution in [1.82, 2.24) is 0 Å². The van der Waals surface area contributed by atoms with Gasteiger partial charge in [0.1, 0.15) is 0 Å². The number of hydrogen-bond acceptors (Lipinski definition) is 4. The summed E-state index contributed by atoms with van der Waals surface area (Å²) in [6.07, 6.45) is -0.328. The van der Waals surface area contributed by atoms with Gasteiger partial charge in [-0.1, -0.05) is 36.4 Å². The van der Waals surface area contributed by atoms with Crippen LogP contribution in [0.4, 0.5) is 5.69 Å². The molecule has 0 saturated carbocycles. The zero-order chi connectivity index (χ0) is 15.7. The van der Waals surface area contributed by atoms with Crippen LogP contribution in [0, 0.1) is 0 Å². The van der Waals surface area contributed by atoms with E-state index in [2.05, 4.69) is 0 Å². The van der Waals surface area contributed by atoms with Crippen molar-refractivity contribution in [3.8, 4) is 0 Å². The number of imide groups is 1. The Morgan fingerprint density at radius 3 is 2.00 bits per heavy atom. The van der Waals surface area contributed by atoms with E-state index in [0.717, 1.165) is 4.90 Å². The van der Waals surface area contributed by atoms with Crippen LogP contribution in [0.25, 0.3) is 0 Å². The molecule has 1 saturated heterocycles. The number of anilines is 1. The Balaban J connectivity index is 1.98. The fraction of sp³-hybridized carbons (Fsp3) is 0.125. The van der Waals surface area contributed by atoms with E-state index in [1.54, 1.807) is 48.5 Å². The highest BCUT2D eigenvalue weighted by Gasteiger charge is 2.47. The van der Waals surface area contributed by atoms with E-state index < -0.39 is 26.9 Å². The van der Waals surface area contributed by atoms with Crippen LogP contribution in [0.3, 0.4) is 0 Å². The molecular formula is C16H13NO4S. The quantitative estimate of drug-likeness (QED) is 0.810. The van der Waals surface area contributed by atoms with E-state index in [4.69, 9.17) is 0 Å². The Morgan fingerprint density at radius 1 is 0.864 bits per heavy atom. The van der Waals surface area contributed by atoms with Gasteiger partial charge in [-0.05, 0) is 24.3 Å². The first-order valence-corrected chi connectivity index (χ1v) is 8.27. The summed E-state index contributed by atoms with van der Waals surface area (Å²) in [5.41, 5.74) is 0.392. The fourth-order valence-electron chi connectivity index (χ4n) is 2.47. The van der Waals surface area contributed by atoms with Gasteiger partial charge < -0.3 is 0 Å². The Kier molecular flexibility index (Phi) is 3.54. The van der Waals surface area contributed by atoms with Crippen LogP contribution in [0.15, 0.2) is 65.6 Å². The minimum absolute atomic E-state index is 0.0519. The van der Waals surface area contributed by atoms with Crippen molar-refractivity contribution >= 4 is 27.3 Å². The molecule has 6 heteroatoms. The Morgan fingerprint density at radius 2 is 1.41 bits per heavy atom. The van der Waals surface area contributed by atoms with Gasteiger partial charge in [-0.25, -0.2) is 13.3 Å². The standard InChI is InChI=1S/C16H13NO4S/c18-15-11-14(22(20,21)13-9-5-2-6-10-13)16(19)17(15)12-7-3-1-4-8-12/h1-10,14H,11H2. The molecule has 2 amide bonds. The molecule has 0 N–H and O–H groups in total. The van der Waals surface area contributed by atoms with E-state index in [0.29, 0.717) is 5.69 Å². The van der Waals surface area contributed by atoms with E-state index in [-0.39, 0.29) is 11.3 Å². The Labute approximate surface area is 128 Å². The third kappa shape index (κ3) is 2.31. The van der Waals surface area contributed by atoms with Crippen LogP contribution in [0.5, 0.6) is 0 Å². The summed E-state index contributed by atoms with van der Waals surface area (Å²) in [4.78, 5) is 25.6. The van der Waals surface area contributed by atoms with Gasteiger partial charge in [0.05, 0.1) is 17.0 Å². The van der Waals surface area contributed by atoms with Crippen molar-refractivity contribution in [3.05, 3.63) is 60.7 Å². The Bertz CT molecular complexity index is 816. The van der Waals surface area contributed by atoms with Gasteiger partial charge in [0.25, 0.3) is 5.91 Å². The number of rotatable bonds is 3. The summed E-state index contributed by atoms with van der Waals surface area (Å²) in [5, 5.41) is -1.36. The van der Waals surface area contributed by atoms with E-state index in [1.165, 1.54) is 12.1 Å². The normalized spacial score (nSPS) is 18.7. The molecule has 1 unspecified atom stereocenters. The van der Waals surface area contributed by atoms with Gasteiger partial charge >= 0.3 is 0 Å². The molecule has 0 spiro atoms. The smallest absolute Gasteiger partial charge is 0.253 e. The highest BCUT2D eigenvalue weighted by molar-refractivity contribution is 7.93. The second-order valence-electron chi connectivity index (χ2n) is 4.95. The number of carbonyl (C=O) groups is 2. The lowest BCUT2D eigenvalue weighted by atomic mass is 10.3. The van der Waals surface area contributed by atoms with Crippen LogP contribution in [0.1, 0.15) is 6.42 Å². The summed E-state index contributed by atoms with van der Waals surface area (Å²) in [6, 6.07) is 16.1. The number of para-hydroxylation sites is 1. The van der Waals surface area contributed by atoms with Gasteiger partial charge in [-0.15, -0.1) is 0 Å². The predicted octanol–water partition coefficient (Wildman–Crippen LogP) is 1.79. The van der Waals surface area contributed by atoms with E-state index in [9.17, 15) is 18.0 Å². The minimum atomic E-state index is -3.87. The van der Waals surface area contributed by atoms with Gasteiger partial charge in [0, 0.05) is 0 Å². The average molecular weight is 315 g/mol.